The Bertz CT molecular complexity index is 1140. The number of hydrogen-bond acceptors (Lipinski definition) is 2. The minimum absolute atomic E-state index is 0.0241. The summed E-state index contributed by atoms with van der Waals surface area (Å²) in [7, 11) is 0. The molecule has 0 aliphatic rings. The van der Waals surface area contributed by atoms with Crippen molar-refractivity contribution >= 4 is 16.7 Å². The molecule has 0 fully saturated rings. The van der Waals surface area contributed by atoms with E-state index in [2.05, 4.69) is 4.98 Å². The molecule has 0 aliphatic heterocycles. The van der Waals surface area contributed by atoms with Crippen LogP contribution in [0.1, 0.15) is 22.5 Å². The zero-order valence-electron chi connectivity index (χ0n) is 15.9. The lowest BCUT2D eigenvalue weighted by molar-refractivity contribution is -0.348. The first-order valence-corrected chi connectivity index (χ1v) is 8.72. The fourth-order valence-electron chi connectivity index (χ4n) is 3.23. The van der Waals surface area contributed by atoms with Gasteiger partial charge in [0, 0.05) is 17.8 Å². The minimum atomic E-state index is -6.41. The van der Waals surface area contributed by atoms with Gasteiger partial charge in [0.15, 0.2) is 0 Å². The van der Waals surface area contributed by atoms with Crippen molar-refractivity contribution in [2.24, 2.45) is 0 Å². The van der Waals surface area contributed by atoms with Crippen LogP contribution in [0.5, 0.6) is 0 Å². The summed E-state index contributed by atoms with van der Waals surface area (Å²) in [6.07, 6.45) is -17.9. The van der Waals surface area contributed by atoms with E-state index in [4.69, 9.17) is 5.73 Å². The van der Waals surface area contributed by atoms with Gasteiger partial charge in [-0.3, -0.25) is 0 Å². The summed E-state index contributed by atoms with van der Waals surface area (Å²) in [6, 6.07) is 5.02. The fourth-order valence-corrected chi connectivity index (χ4v) is 3.23. The molecule has 0 atom stereocenters. The summed E-state index contributed by atoms with van der Waals surface area (Å²) < 4.78 is 133. The Balaban J connectivity index is 2.22. The highest BCUT2D eigenvalue weighted by Crippen LogP contribution is 2.53. The number of alkyl halides is 10. The number of nitrogens with zero attached hydrogens (tertiary/aromatic N) is 2. The van der Waals surface area contributed by atoms with Gasteiger partial charge in [0.2, 0.25) is 5.82 Å². The van der Waals surface area contributed by atoms with E-state index in [0.29, 0.717) is 27.4 Å². The third-order valence-electron chi connectivity index (χ3n) is 4.86. The van der Waals surface area contributed by atoms with E-state index in [0.717, 1.165) is 0 Å². The highest BCUT2D eigenvalue weighted by molar-refractivity contribution is 5.77. The molecule has 0 saturated heterocycles. The van der Waals surface area contributed by atoms with Crippen LogP contribution in [-0.4, -0.2) is 21.9 Å². The monoisotopic (exact) mass is 473 g/mol. The van der Waals surface area contributed by atoms with Crippen molar-refractivity contribution in [2.75, 3.05) is 5.73 Å². The standard InChI is InChI=1S/C19H13F10N3/c1-9-6-10(2-4-12(9)30)8-32-14-5-3-11(7-13(14)31-15(32)17(21,22)23)16(20,18(24,25)26)19(27,28)29/h2-7H,8,30H2,1H3. The molecule has 32 heavy (non-hydrogen) atoms. The van der Waals surface area contributed by atoms with Crippen molar-refractivity contribution in [1.82, 2.24) is 9.55 Å². The molecule has 2 N–H and O–H groups in total. The van der Waals surface area contributed by atoms with Gasteiger partial charge in [-0.1, -0.05) is 18.2 Å². The molecule has 3 nitrogen and oxygen atoms in total. The second-order valence-electron chi connectivity index (χ2n) is 7.07. The van der Waals surface area contributed by atoms with Crippen LogP contribution in [0.4, 0.5) is 49.6 Å². The maximum absolute atomic E-state index is 14.3. The van der Waals surface area contributed by atoms with Crippen LogP contribution >= 0.6 is 0 Å². The Kier molecular flexibility index (Phi) is 5.38. The Labute approximate surface area is 173 Å². The van der Waals surface area contributed by atoms with Crippen molar-refractivity contribution < 1.29 is 43.9 Å². The number of aromatic nitrogens is 2. The first kappa shape index (κ1) is 23.7. The van der Waals surface area contributed by atoms with E-state index in [1.54, 1.807) is 6.92 Å². The van der Waals surface area contributed by atoms with E-state index >= 15 is 0 Å². The van der Waals surface area contributed by atoms with Gasteiger partial charge >= 0.3 is 24.2 Å². The zero-order chi connectivity index (χ0) is 24.3. The van der Waals surface area contributed by atoms with E-state index < -0.39 is 53.2 Å². The summed E-state index contributed by atoms with van der Waals surface area (Å²) >= 11 is 0. The predicted octanol–water partition coefficient (Wildman–Crippen LogP) is 6.28. The zero-order valence-corrected chi connectivity index (χ0v) is 15.9. The molecular formula is C19H13F10N3. The van der Waals surface area contributed by atoms with Gasteiger partial charge in [-0.15, -0.1) is 0 Å². The van der Waals surface area contributed by atoms with E-state index in [1.165, 1.54) is 18.2 Å². The lowest BCUT2D eigenvalue weighted by Crippen LogP contribution is -2.50. The number of rotatable bonds is 3. The maximum atomic E-state index is 14.3. The van der Waals surface area contributed by atoms with E-state index in [9.17, 15) is 43.9 Å². The average molecular weight is 473 g/mol. The second-order valence-corrected chi connectivity index (χ2v) is 7.07. The molecule has 3 aromatic rings. The van der Waals surface area contributed by atoms with Crippen LogP contribution in [0.15, 0.2) is 36.4 Å². The van der Waals surface area contributed by atoms with Gasteiger partial charge in [0.05, 0.1) is 11.0 Å². The third-order valence-corrected chi connectivity index (χ3v) is 4.86. The summed E-state index contributed by atoms with van der Waals surface area (Å²) in [5, 5.41) is 0. The number of hydrogen-bond donors (Lipinski definition) is 1. The predicted molar refractivity (Wildman–Crippen MR) is 94.3 cm³/mol. The Morgan fingerprint density at radius 1 is 0.844 bits per heavy atom. The molecule has 0 spiro atoms. The Morgan fingerprint density at radius 3 is 1.94 bits per heavy atom. The van der Waals surface area contributed by atoms with Crippen LogP contribution in [-0.2, 0) is 18.4 Å². The number of imidazole rings is 1. The van der Waals surface area contributed by atoms with Gasteiger partial charge in [-0.25, -0.2) is 9.37 Å². The van der Waals surface area contributed by atoms with E-state index in [1.807, 2.05) is 0 Å². The van der Waals surface area contributed by atoms with Crippen molar-refractivity contribution in [1.29, 1.82) is 0 Å². The molecular weight excluding hydrogens is 460 g/mol. The van der Waals surface area contributed by atoms with Gasteiger partial charge in [-0.05, 0) is 36.2 Å². The van der Waals surface area contributed by atoms with Gasteiger partial charge in [0.1, 0.15) is 0 Å². The smallest absolute Gasteiger partial charge is 0.399 e. The molecule has 0 radical (unpaired) electrons. The number of aryl methyl sites for hydroxylation is 1. The first-order chi connectivity index (χ1) is 14.5. The lowest BCUT2D eigenvalue weighted by atomic mass is 9.94. The van der Waals surface area contributed by atoms with Crippen molar-refractivity contribution in [3.05, 3.63) is 58.9 Å². The van der Waals surface area contributed by atoms with E-state index in [-0.39, 0.29) is 12.1 Å². The summed E-state index contributed by atoms with van der Waals surface area (Å²) in [5.74, 6) is -1.57. The summed E-state index contributed by atoms with van der Waals surface area (Å²) in [4.78, 5) is 3.17. The second kappa shape index (κ2) is 7.27. The molecule has 0 bridgehead atoms. The Hall–Kier alpha value is -2.99. The molecule has 1 aromatic heterocycles. The number of benzene rings is 2. The third kappa shape index (κ3) is 3.84. The molecule has 13 heteroatoms. The number of fused-ring (bicyclic) bond motifs is 1. The first-order valence-electron chi connectivity index (χ1n) is 8.72. The molecule has 2 aromatic carbocycles. The molecule has 0 aliphatic carbocycles. The number of halogens is 10. The lowest BCUT2D eigenvalue weighted by Gasteiger charge is -2.30. The van der Waals surface area contributed by atoms with Crippen LogP contribution in [0.2, 0.25) is 0 Å². The molecule has 0 unspecified atom stereocenters. The van der Waals surface area contributed by atoms with Gasteiger partial charge in [0.25, 0.3) is 0 Å². The fraction of sp³-hybridized carbons (Fsp3) is 0.316. The van der Waals surface area contributed by atoms with Crippen molar-refractivity contribution in [2.45, 2.75) is 37.7 Å². The number of anilines is 1. The molecule has 3 rings (SSSR count). The van der Waals surface area contributed by atoms with Crippen LogP contribution in [0, 0.1) is 6.92 Å². The highest BCUT2D eigenvalue weighted by atomic mass is 19.4. The molecule has 0 amide bonds. The Morgan fingerprint density at radius 2 is 1.44 bits per heavy atom. The largest absolute Gasteiger partial charge is 0.449 e. The molecule has 0 saturated carbocycles. The van der Waals surface area contributed by atoms with Gasteiger partial charge in [-0.2, -0.15) is 39.5 Å². The molecule has 174 valence electrons. The summed E-state index contributed by atoms with van der Waals surface area (Å²) in [6.45, 7) is 1.13. The van der Waals surface area contributed by atoms with Crippen LogP contribution < -0.4 is 5.73 Å². The minimum Gasteiger partial charge on any atom is -0.399 e. The topological polar surface area (TPSA) is 43.8 Å². The maximum Gasteiger partial charge on any atom is 0.449 e. The normalized spacial score (nSPS) is 13.7. The van der Waals surface area contributed by atoms with Crippen molar-refractivity contribution in [3.8, 4) is 0 Å². The summed E-state index contributed by atoms with van der Waals surface area (Å²) in [5.41, 5.74) is -2.13. The molecule has 1 heterocycles. The SMILES string of the molecule is Cc1cc(Cn2c(C(F)(F)F)nc3cc(C(F)(C(F)(F)F)C(F)(F)F)ccc32)ccc1N. The number of nitrogen functional groups attached to an aromatic ring is 1. The van der Waals surface area contributed by atoms with Gasteiger partial charge < -0.3 is 10.3 Å². The van der Waals surface area contributed by atoms with Crippen LogP contribution in [0.25, 0.3) is 11.0 Å². The van der Waals surface area contributed by atoms with Crippen molar-refractivity contribution in [3.63, 3.8) is 0 Å². The average Bonchev–Trinajstić information content (AvgIpc) is 3.00. The number of nitrogens with two attached hydrogens (primary N) is 1. The quantitative estimate of drug-likeness (QED) is 0.359. The highest BCUT2D eigenvalue weighted by Gasteiger charge is 2.73. The van der Waals surface area contributed by atoms with Crippen LogP contribution in [0.3, 0.4) is 0 Å².